The molecule has 72 valence electrons. The monoisotopic (exact) mass is 202 g/mol. The first-order valence-electron chi connectivity index (χ1n) is 3.75. The van der Waals surface area contributed by atoms with E-state index >= 15 is 0 Å². The lowest BCUT2D eigenvalue weighted by Crippen LogP contribution is -2.23. The molecule has 13 heavy (non-hydrogen) atoms. The molecule has 0 aromatic carbocycles. The summed E-state index contributed by atoms with van der Waals surface area (Å²) in [6, 6.07) is 0. The Morgan fingerprint density at radius 1 is 1.69 bits per heavy atom. The highest BCUT2D eigenvalue weighted by Crippen LogP contribution is 2.18. The van der Waals surface area contributed by atoms with E-state index in [-0.39, 0.29) is 11.9 Å². The van der Waals surface area contributed by atoms with Gasteiger partial charge in [-0.2, -0.15) is 4.98 Å². The number of hydrogen-bond donors (Lipinski definition) is 2. The third-order valence-corrected chi connectivity index (χ3v) is 1.75. The number of nitrogens with two attached hydrogens (primary N) is 1. The molecular weight excluding hydrogens is 192 g/mol. The van der Waals surface area contributed by atoms with Crippen molar-refractivity contribution in [2.75, 3.05) is 30.8 Å². The third-order valence-electron chi connectivity index (χ3n) is 1.56. The fourth-order valence-corrected chi connectivity index (χ4v) is 1.05. The predicted octanol–water partition coefficient (Wildman–Crippen LogP) is 0.141. The normalized spacial score (nSPS) is 10.1. The van der Waals surface area contributed by atoms with Gasteiger partial charge in [0.15, 0.2) is 5.82 Å². The zero-order valence-electron chi connectivity index (χ0n) is 7.24. The summed E-state index contributed by atoms with van der Waals surface area (Å²) in [6.45, 7) is 0.495. The molecule has 0 aliphatic heterocycles. The van der Waals surface area contributed by atoms with Crippen LogP contribution in [0, 0.1) is 0 Å². The molecule has 0 spiro atoms. The number of aliphatic hydroxyl groups excluding tert-OH is 1. The molecule has 0 saturated carbocycles. The van der Waals surface area contributed by atoms with Crippen molar-refractivity contribution in [3.05, 3.63) is 11.5 Å². The molecule has 3 N–H and O–H groups in total. The van der Waals surface area contributed by atoms with E-state index in [9.17, 15) is 0 Å². The summed E-state index contributed by atoms with van der Waals surface area (Å²) in [5.74, 6) is 0.536. The Morgan fingerprint density at radius 3 is 3.00 bits per heavy atom. The van der Waals surface area contributed by atoms with Gasteiger partial charge in [0.2, 0.25) is 5.28 Å². The summed E-state index contributed by atoms with van der Waals surface area (Å²) in [5, 5.41) is 8.85. The fourth-order valence-electron chi connectivity index (χ4n) is 0.923. The van der Waals surface area contributed by atoms with E-state index in [1.165, 1.54) is 6.20 Å². The smallest absolute Gasteiger partial charge is 0.224 e. The highest BCUT2D eigenvalue weighted by molar-refractivity contribution is 6.28. The zero-order chi connectivity index (χ0) is 9.84. The third kappa shape index (κ3) is 2.43. The van der Waals surface area contributed by atoms with Gasteiger partial charge in [0, 0.05) is 13.6 Å². The summed E-state index contributed by atoms with van der Waals surface area (Å²) in [5.41, 5.74) is 6.06. The molecule has 0 saturated heterocycles. The molecule has 0 unspecified atom stereocenters. The number of likely N-dealkylation sites (N-methyl/N-ethyl adjacent to an activating group) is 1. The summed E-state index contributed by atoms with van der Waals surface area (Å²) >= 11 is 5.59. The molecule has 0 bridgehead atoms. The van der Waals surface area contributed by atoms with Crippen LogP contribution in [0.25, 0.3) is 0 Å². The lowest BCUT2D eigenvalue weighted by atomic mass is 10.4. The van der Waals surface area contributed by atoms with E-state index in [1.54, 1.807) is 11.9 Å². The minimum absolute atomic E-state index is 0.0392. The maximum atomic E-state index is 8.70. The van der Waals surface area contributed by atoms with Crippen LogP contribution in [-0.4, -0.2) is 35.3 Å². The van der Waals surface area contributed by atoms with Crippen molar-refractivity contribution in [1.29, 1.82) is 0 Å². The van der Waals surface area contributed by atoms with Crippen LogP contribution in [0.1, 0.15) is 0 Å². The topological polar surface area (TPSA) is 75.3 Å². The maximum absolute atomic E-state index is 8.70. The first-order chi connectivity index (χ1) is 6.15. The standard InChI is InChI=1S/C7H11ClN4O/c1-12(2-3-13)6-5(9)4-10-7(8)11-6/h4,13H,2-3,9H2,1H3. The molecule has 0 radical (unpaired) electrons. The minimum Gasteiger partial charge on any atom is -0.395 e. The Balaban J connectivity index is 2.91. The lowest BCUT2D eigenvalue weighted by Gasteiger charge is -2.17. The predicted molar refractivity (Wildman–Crippen MR) is 51.8 cm³/mol. The molecule has 1 heterocycles. The van der Waals surface area contributed by atoms with Crippen molar-refractivity contribution in [3.8, 4) is 0 Å². The SMILES string of the molecule is CN(CCO)c1nc(Cl)ncc1N. The number of aliphatic hydroxyl groups is 1. The molecule has 1 aromatic rings. The van der Waals surface area contributed by atoms with E-state index in [2.05, 4.69) is 9.97 Å². The summed E-state index contributed by atoms with van der Waals surface area (Å²) in [4.78, 5) is 9.37. The van der Waals surface area contributed by atoms with E-state index in [0.29, 0.717) is 18.1 Å². The highest BCUT2D eigenvalue weighted by atomic mass is 35.5. The first-order valence-corrected chi connectivity index (χ1v) is 4.13. The van der Waals surface area contributed by atoms with Crippen LogP contribution in [0.15, 0.2) is 6.20 Å². The number of hydrogen-bond acceptors (Lipinski definition) is 5. The molecule has 5 nitrogen and oxygen atoms in total. The Labute approximate surface area is 81.2 Å². The fraction of sp³-hybridized carbons (Fsp3) is 0.429. The quantitative estimate of drug-likeness (QED) is 0.682. The van der Waals surface area contributed by atoms with Gasteiger partial charge in [-0.15, -0.1) is 0 Å². The van der Waals surface area contributed by atoms with Crippen molar-refractivity contribution in [1.82, 2.24) is 9.97 Å². The largest absolute Gasteiger partial charge is 0.395 e. The van der Waals surface area contributed by atoms with Crippen LogP contribution in [0.3, 0.4) is 0 Å². The Morgan fingerprint density at radius 2 is 2.38 bits per heavy atom. The van der Waals surface area contributed by atoms with Gasteiger partial charge in [0.05, 0.1) is 18.5 Å². The average Bonchev–Trinajstić information content (AvgIpc) is 2.09. The van der Waals surface area contributed by atoms with Gasteiger partial charge in [-0.1, -0.05) is 0 Å². The van der Waals surface area contributed by atoms with Gasteiger partial charge in [0.25, 0.3) is 0 Å². The van der Waals surface area contributed by atoms with Crippen LogP contribution in [0.4, 0.5) is 11.5 Å². The second kappa shape index (κ2) is 4.25. The van der Waals surface area contributed by atoms with Crippen molar-refractivity contribution >= 4 is 23.1 Å². The molecule has 0 aliphatic carbocycles. The number of aromatic nitrogens is 2. The molecule has 0 aliphatic rings. The van der Waals surface area contributed by atoms with Gasteiger partial charge < -0.3 is 15.7 Å². The summed E-state index contributed by atoms with van der Waals surface area (Å²) < 4.78 is 0. The van der Waals surface area contributed by atoms with Crippen LogP contribution in [0.5, 0.6) is 0 Å². The number of nitrogens with zero attached hydrogens (tertiary/aromatic N) is 3. The summed E-state index contributed by atoms with van der Waals surface area (Å²) in [7, 11) is 1.77. The Hall–Kier alpha value is -1.07. The Bertz CT molecular complexity index is 294. The number of halogens is 1. The van der Waals surface area contributed by atoms with Gasteiger partial charge in [-0.3, -0.25) is 0 Å². The van der Waals surface area contributed by atoms with Gasteiger partial charge >= 0.3 is 0 Å². The number of nitrogen functional groups attached to an aromatic ring is 1. The second-order valence-electron chi connectivity index (χ2n) is 2.56. The van der Waals surface area contributed by atoms with Crippen molar-refractivity contribution in [3.63, 3.8) is 0 Å². The van der Waals surface area contributed by atoms with Crippen LogP contribution < -0.4 is 10.6 Å². The van der Waals surface area contributed by atoms with Crippen molar-refractivity contribution in [2.24, 2.45) is 0 Å². The van der Waals surface area contributed by atoms with Gasteiger partial charge in [-0.25, -0.2) is 4.98 Å². The molecule has 1 rings (SSSR count). The average molecular weight is 203 g/mol. The molecule has 0 amide bonds. The second-order valence-corrected chi connectivity index (χ2v) is 2.90. The zero-order valence-corrected chi connectivity index (χ0v) is 7.99. The lowest BCUT2D eigenvalue weighted by molar-refractivity contribution is 0.304. The first kappa shape index (κ1) is 10.0. The molecule has 0 fully saturated rings. The number of rotatable bonds is 3. The van der Waals surface area contributed by atoms with E-state index < -0.39 is 0 Å². The maximum Gasteiger partial charge on any atom is 0.224 e. The number of anilines is 2. The molecular formula is C7H11ClN4O. The molecule has 6 heteroatoms. The highest BCUT2D eigenvalue weighted by Gasteiger charge is 2.07. The molecule has 0 atom stereocenters. The van der Waals surface area contributed by atoms with Crippen molar-refractivity contribution in [2.45, 2.75) is 0 Å². The van der Waals surface area contributed by atoms with Crippen molar-refractivity contribution < 1.29 is 5.11 Å². The Kier molecular flexibility index (Phi) is 3.27. The van der Waals surface area contributed by atoms with Gasteiger partial charge in [0.1, 0.15) is 0 Å². The van der Waals surface area contributed by atoms with E-state index in [0.717, 1.165) is 0 Å². The summed E-state index contributed by atoms with van der Waals surface area (Å²) in [6.07, 6.45) is 1.44. The van der Waals surface area contributed by atoms with E-state index in [1.807, 2.05) is 0 Å². The van der Waals surface area contributed by atoms with Crippen LogP contribution >= 0.6 is 11.6 Å². The van der Waals surface area contributed by atoms with E-state index in [4.69, 9.17) is 22.4 Å². The van der Waals surface area contributed by atoms with Crippen LogP contribution in [-0.2, 0) is 0 Å². The minimum atomic E-state index is 0.0392. The van der Waals surface area contributed by atoms with Crippen LogP contribution in [0.2, 0.25) is 5.28 Å². The molecule has 1 aromatic heterocycles. The van der Waals surface area contributed by atoms with Gasteiger partial charge in [-0.05, 0) is 11.6 Å².